The van der Waals surface area contributed by atoms with E-state index in [0.717, 1.165) is 16.7 Å². The van der Waals surface area contributed by atoms with Crippen molar-refractivity contribution in [1.82, 2.24) is 10.3 Å². The zero-order chi connectivity index (χ0) is 17.0. The molecule has 1 amide bonds. The van der Waals surface area contributed by atoms with E-state index in [2.05, 4.69) is 10.3 Å². The van der Waals surface area contributed by atoms with Crippen molar-refractivity contribution in [3.8, 4) is 5.75 Å². The van der Waals surface area contributed by atoms with Gasteiger partial charge in [0, 0.05) is 18.1 Å². The van der Waals surface area contributed by atoms with E-state index in [9.17, 15) is 13.2 Å². The number of hydrogen-bond donors (Lipinski definition) is 1. The van der Waals surface area contributed by atoms with Crippen LogP contribution >= 0.6 is 0 Å². The molecule has 1 aromatic carbocycles. The Balaban J connectivity index is 1.43. The van der Waals surface area contributed by atoms with Gasteiger partial charge in [0.1, 0.15) is 11.3 Å². The quantitative estimate of drug-likeness (QED) is 0.801. The predicted octanol–water partition coefficient (Wildman–Crippen LogP) is 1.55. The van der Waals surface area contributed by atoms with E-state index in [0.29, 0.717) is 26.0 Å². The van der Waals surface area contributed by atoms with Gasteiger partial charge < -0.3 is 10.1 Å². The summed E-state index contributed by atoms with van der Waals surface area (Å²) in [7, 11) is -3.03. The highest BCUT2D eigenvalue weighted by atomic mass is 32.2. The van der Waals surface area contributed by atoms with Gasteiger partial charge in [-0.3, -0.25) is 9.78 Å². The Morgan fingerprint density at radius 3 is 2.92 bits per heavy atom. The van der Waals surface area contributed by atoms with E-state index in [1.165, 1.54) is 0 Å². The molecular weight excluding hydrogens is 328 g/mol. The van der Waals surface area contributed by atoms with Gasteiger partial charge in [-0.25, -0.2) is 8.42 Å². The van der Waals surface area contributed by atoms with Crippen molar-refractivity contribution in [2.75, 3.05) is 24.7 Å². The lowest BCUT2D eigenvalue weighted by molar-refractivity contribution is -0.124. The zero-order valence-electron chi connectivity index (χ0n) is 13.3. The Labute approximate surface area is 141 Å². The number of ether oxygens (including phenoxy) is 1. The monoisotopic (exact) mass is 348 g/mol. The van der Waals surface area contributed by atoms with Gasteiger partial charge in [0.2, 0.25) is 5.91 Å². The molecule has 0 spiro atoms. The molecule has 0 radical (unpaired) electrons. The first-order valence-electron chi connectivity index (χ1n) is 8.00. The fraction of sp³-hybridized carbons (Fsp3) is 0.412. The van der Waals surface area contributed by atoms with Crippen molar-refractivity contribution in [3.63, 3.8) is 0 Å². The minimum Gasteiger partial charge on any atom is -0.491 e. The van der Waals surface area contributed by atoms with Gasteiger partial charge in [-0.15, -0.1) is 0 Å². The van der Waals surface area contributed by atoms with Gasteiger partial charge in [0.25, 0.3) is 0 Å². The number of para-hydroxylation sites is 1. The number of carbonyl (C=O) groups excluding carboxylic acids is 1. The second kappa shape index (κ2) is 7.17. The molecule has 0 saturated carbocycles. The maximum Gasteiger partial charge on any atom is 0.224 e. The first-order valence-corrected chi connectivity index (χ1v) is 9.82. The van der Waals surface area contributed by atoms with Crippen LogP contribution in [0.3, 0.4) is 0 Å². The predicted molar refractivity (Wildman–Crippen MR) is 91.6 cm³/mol. The van der Waals surface area contributed by atoms with E-state index in [1.54, 1.807) is 6.20 Å². The van der Waals surface area contributed by atoms with Crippen molar-refractivity contribution < 1.29 is 17.9 Å². The third kappa shape index (κ3) is 4.03. The van der Waals surface area contributed by atoms with Crippen LogP contribution in [0.1, 0.15) is 12.8 Å². The molecule has 0 bridgehead atoms. The summed E-state index contributed by atoms with van der Waals surface area (Å²) in [5, 5.41) is 3.81. The van der Waals surface area contributed by atoms with Crippen LogP contribution < -0.4 is 10.1 Å². The van der Waals surface area contributed by atoms with Gasteiger partial charge in [-0.1, -0.05) is 18.2 Å². The minimum absolute atomic E-state index is 0.0307. The zero-order valence-corrected chi connectivity index (χ0v) is 14.1. The van der Waals surface area contributed by atoms with E-state index in [1.807, 2.05) is 30.3 Å². The summed E-state index contributed by atoms with van der Waals surface area (Å²) in [6.45, 7) is 0.923. The Morgan fingerprint density at radius 2 is 2.12 bits per heavy atom. The van der Waals surface area contributed by atoms with Crippen LogP contribution in [0.5, 0.6) is 5.75 Å². The molecule has 1 aliphatic heterocycles. The molecule has 2 aromatic rings. The number of benzene rings is 1. The number of nitrogens with one attached hydrogen (secondary N) is 1. The molecule has 0 aliphatic carbocycles. The lowest BCUT2D eigenvalue weighted by Crippen LogP contribution is -2.32. The molecule has 1 aromatic heterocycles. The molecule has 128 valence electrons. The summed E-state index contributed by atoms with van der Waals surface area (Å²) in [6.07, 6.45) is 2.80. The fourth-order valence-corrected chi connectivity index (χ4v) is 4.55. The summed E-state index contributed by atoms with van der Waals surface area (Å²) in [5.41, 5.74) is 0.820. The van der Waals surface area contributed by atoms with E-state index < -0.39 is 15.8 Å². The van der Waals surface area contributed by atoms with E-state index in [4.69, 9.17) is 4.74 Å². The molecule has 1 aliphatic rings. The topological polar surface area (TPSA) is 85.4 Å². The van der Waals surface area contributed by atoms with Crippen LogP contribution in [0.2, 0.25) is 0 Å². The van der Waals surface area contributed by atoms with Crippen LogP contribution in [0.15, 0.2) is 36.5 Å². The Bertz CT molecular complexity index is 830. The van der Waals surface area contributed by atoms with Crippen LogP contribution in [-0.4, -0.2) is 44.0 Å². The molecular formula is C17H20N2O4S. The molecule has 1 N–H and O–H groups in total. The molecule has 24 heavy (non-hydrogen) atoms. The van der Waals surface area contributed by atoms with Gasteiger partial charge in [-0.2, -0.15) is 0 Å². The Morgan fingerprint density at radius 1 is 1.29 bits per heavy atom. The van der Waals surface area contributed by atoms with Crippen LogP contribution in [0.25, 0.3) is 10.9 Å². The molecule has 1 fully saturated rings. The lowest BCUT2D eigenvalue weighted by atomic mass is 10.1. The molecule has 0 unspecified atom stereocenters. The molecule has 1 saturated heterocycles. The largest absolute Gasteiger partial charge is 0.491 e. The first kappa shape index (κ1) is 16.7. The van der Waals surface area contributed by atoms with Crippen LogP contribution in [0, 0.1) is 5.92 Å². The average Bonchev–Trinajstić information content (AvgIpc) is 2.94. The molecule has 1 atom stereocenters. The van der Waals surface area contributed by atoms with Crippen molar-refractivity contribution >= 4 is 26.6 Å². The number of carbonyl (C=O) groups is 1. The highest BCUT2D eigenvalue weighted by molar-refractivity contribution is 7.91. The maximum atomic E-state index is 11.9. The van der Waals surface area contributed by atoms with E-state index in [-0.39, 0.29) is 17.4 Å². The number of aromatic nitrogens is 1. The molecule has 3 rings (SSSR count). The number of sulfone groups is 1. The first-order chi connectivity index (χ1) is 11.6. The van der Waals surface area contributed by atoms with Gasteiger partial charge in [0.15, 0.2) is 9.84 Å². The van der Waals surface area contributed by atoms with Crippen molar-refractivity contribution in [2.45, 2.75) is 12.8 Å². The maximum absolute atomic E-state index is 11.9. The molecule has 2 heterocycles. The number of rotatable bonds is 6. The van der Waals surface area contributed by atoms with Gasteiger partial charge in [-0.05, 0) is 25.0 Å². The lowest BCUT2D eigenvalue weighted by Gasteiger charge is -2.11. The minimum atomic E-state index is -3.03. The van der Waals surface area contributed by atoms with Crippen molar-refractivity contribution in [2.24, 2.45) is 5.92 Å². The number of fused-ring (bicyclic) bond motifs is 1. The van der Waals surface area contributed by atoms with Crippen molar-refractivity contribution in [3.05, 3.63) is 36.5 Å². The van der Waals surface area contributed by atoms with E-state index >= 15 is 0 Å². The second-order valence-electron chi connectivity index (χ2n) is 5.92. The number of hydrogen-bond acceptors (Lipinski definition) is 5. The van der Waals surface area contributed by atoms with Gasteiger partial charge >= 0.3 is 0 Å². The molecule has 6 nitrogen and oxygen atoms in total. The van der Waals surface area contributed by atoms with Crippen LogP contribution in [0.4, 0.5) is 0 Å². The second-order valence-corrected chi connectivity index (χ2v) is 8.15. The Hall–Kier alpha value is -2.15. The standard InChI is InChI=1S/C17H20N2O4S/c20-17(14-7-11-24(21,22)12-14)19-9-3-10-23-15-6-1-4-13-5-2-8-18-16(13)15/h1-2,4-6,8,14H,3,7,9-12H2,(H,19,20)/t14-/m0/s1. The number of nitrogens with zero attached hydrogens (tertiary/aromatic N) is 1. The van der Waals surface area contributed by atoms with Crippen LogP contribution in [-0.2, 0) is 14.6 Å². The average molecular weight is 348 g/mol. The normalized spacial score (nSPS) is 19.2. The summed E-state index contributed by atoms with van der Waals surface area (Å²) in [5.74, 6) is 0.224. The highest BCUT2D eigenvalue weighted by Gasteiger charge is 2.32. The smallest absolute Gasteiger partial charge is 0.224 e. The van der Waals surface area contributed by atoms with Gasteiger partial charge in [0.05, 0.1) is 24.0 Å². The highest BCUT2D eigenvalue weighted by Crippen LogP contribution is 2.23. The summed E-state index contributed by atoms with van der Waals surface area (Å²) in [4.78, 5) is 16.2. The third-order valence-corrected chi connectivity index (χ3v) is 5.84. The summed E-state index contributed by atoms with van der Waals surface area (Å²) < 4.78 is 28.5. The molecule has 7 heteroatoms. The third-order valence-electron chi connectivity index (χ3n) is 4.08. The number of amides is 1. The SMILES string of the molecule is O=C(NCCCOc1cccc2cccnc12)[C@H]1CCS(=O)(=O)C1. The van der Waals surface area contributed by atoms with Crippen molar-refractivity contribution in [1.29, 1.82) is 0 Å². The number of pyridine rings is 1. The fourth-order valence-electron chi connectivity index (χ4n) is 2.80. The Kier molecular flexibility index (Phi) is 4.99. The summed E-state index contributed by atoms with van der Waals surface area (Å²) >= 11 is 0. The summed E-state index contributed by atoms with van der Waals surface area (Å²) in [6, 6.07) is 9.62.